The molecule has 0 fully saturated rings. The van der Waals surface area contributed by atoms with Crippen molar-refractivity contribution in [2.45, 2.75) is 26.4 Å². The van der Waals surface area contributed by atoms with Crippen LogP contribution in [0.3, 0.4) is 0 Å². The highest BCUT2D eigenvalue weighted by Gasteiger charge is 2.32. The van der Waals surface area contributed by atoms with Crippen molar-refractivity contribution < 1.29 is 14.3 Å². The van der Waals surface area contributed by atoms with E-state index in [0.717, 1.165) is 0 Å². The van der Waals surface area contributed by atoms with E-state index < -0.39 is 13.7 Å². The van der Waals surface area contributed by atoms with E-state index in [2.05, 4.69) is 0 Å². The Morgan fingerprint density at radius 1 is 1.40 bits per heavy atom. The molecule has 0 aliphatic heterocycles. The SMILES string of the molecule is CC(C)C(=O)C(C)[P+](=O)O. The molecule has 2 unspecified atom stereocenters. The zero-order valence-electron chi connectivity index (χ0n) is 6.37. The summed E-state index contributed by atoms with van der Waals surface area (Å²) in [7, 11) is -2.33. The first-order chi connectivity index (χ1) is 4.46. The van der Waals surface area contributed by atoms with Crippen LogP contribution in [0.5, 0.6) is 0 Å². The maximum Gasteiger partial charge on any atom is 0.516 e. The average Bonchev–Trinajstić information content (AvgIpc) is 1.84. The molecule has 2 atom stereocenters. The van der Waals surface area contributed by atoms with Crippen molar-refractivity contribution in [1.82, 2.24) is 0 Å². The van der Waals surface area contributed by atoms with Gasteiger partial charge in [-0.1, -0.05) is 13.8 Å². The van der Waals surface area contributed by atoms with Crippen molar-refractivity contribution in [3.8, 4) is 0 Å². The summed E-state index contributed by atoms with van der Waals surface area (Å²) in [5.41, 5.74) is -0.713. The van der Waals surface area contributed by atoms with Crippen LogP contribution in [-0.2, 0) is 9.36 Å². The number of rotatable bonds is 3. The Balaban J connectivity index is 4.08. The van der Waals surface area contributed by atoms with Crippen LogP contribution in [0.4, 0.5) is 0 Å². The fraction of sp³-hybridized carbons (Fsp3) is 0.833. The molecular formula is C6H12O3P+. The van der Waals surface area contributed by atoms with Crippen LogP contribution < -0.4 is 0 Å². The van der Waals surface area contributed by atoms with Gasteiger partial charge in [-0.3, -0.25) is 4.79 Å². The quantitative estimate of drug-likeness (QED) is 0.638. The van der Waals surface area contributed by atoms with Crippen molar-refractivity contribution >= 4 is 13.8 Å². The first-order valence-corrected chi connectivity index (χ1v) is 4.44. The molecule has 10 heavy (non-hydrogen) atoms. The van der Waals surface area contributed by atoms with E-state index in [9.17, 15) is 9.36 Å². The smallest absolute Gasteiger partial charge is 0.294 e. The molecule has 0 radical (unpaired) electrons. The van der Waals surface area contributed by atoms with Gasteiger partial charge in [-0.2, -0.15) is 4.89 Å². The van der Waals surface area contributed by atoms with Gasteiger partial charge in [0.1, 0.15) is 0 Å². The predicted octanol–water partition coefficient (Wildman–Crippen LogP) is 1.33. The van der Waals surface area contributed by atoms with E-state index in [-0.39, 0.29) is 11.7 Å². The molecule has 0 aromatic rings. The maximum atomic E-state index is 10.9. The molecule has 0 aromatic carbocycles. The highest BCUT2D eigenvalue weighted by atomic mass is 31.1. The molecule has 0 aliphatic rings. The van der Waals surface area contributed by atoms with Crippen LogP contribution in [0.15, 0.2) is 0 Å². The summed E-state index contributed by atoms with van der Waals surface area (Å²) in [5, 5.41) is 0. The molecule has 0 saturated carbocycles. The van der Waals surface area contributed by atoms with Crippen LogP contribution in [-0.4, -0.2) is 16.3 Å². The van der Waals surface area contributed by atoms with Crippen molar-refractivity contribution in [3.63, 3.8) is 0 Å². The van der Waals surface area contributed by atoms with E-state index in [1.54, 1.807) is 13.8 Å². The zero-order valence-corrected chi connectivity index (χ0v) is 7.26. The summed E-state index contributed by atoms with van der Waals surface area (Å²) in [5.74, 6) is -0.301. The molecule has 0 rings (SSSR count). The molecule has 4 heteroatoms. The van der Waals surface area contributed by atoms with Gasteiger partial charge in [0.15, 0.2) is 5.78 Å². The van der Waals surface area contributed by atoms with Crippen LogP contribution in [0.2, 0.25) is 0 Å². The van der Waals surface area contributed by atoms with Crippen molar-refractivity contribution in [2.24, 2.45) is 5.92 Å². The number of ketones is 1. The Kier molecular flexibility index (Phi) is 3.69. The Bertz CT molecular complexity index is 153. The van der Waals surface area contributed by atoms with E-state index in [1.807, 2.05) is 0 Å². The van der Waals surface area contributed by atoms with Crippen LogP contribution in [0.25, 0.3) is 0 Å². The van der Waals surface area contributed by atoms with Gasteiger partial charge in [-0.05, 0) is 11.5 Å². The molecule has 0 aromatic heterocycles. The minimum absolute atomic E-state index is 0.149. The van der Waals surface area contributed by atoms with Crippen molar-refractivity contribution in [1.29, 1.82) is 0 Å². The molecule has 0 amide bonds. The Morgan fingerprint density at radius 2 is 1.80 bits per heavy atom. The minimum Gasteiger partial charge on any atom is -0.294 e. The summed E-state index contributed by atoms with van der Waals surface area (Å²) in [4.78, 5) is 19.5. The van der Waals surface area contributed by atoms with Gasteiger partial charge in [-0.15, -0.1) is 0 Å². The normalized spacial score (nSPS) is 15.1. The largest absolute Gasteiger partial charge is 0.516 e. The lowest BCUT2D eigenvalue weighted by Gasteiger charge is -1.99. The second-order valence-corrected chi connectivity index (χ2v) is 3.92. The lowest BCUT2D eigenvalue weighted by molar-refractivity contribution is -0.121. The summed E-state index contributed by atoms with van der Waals surface area (Å²) in [6.45, 7) is 4.91. The highest BCUT2D eigenvalue weighted by molar-refractivity contribution is 7.40. The van der Waals surface area contributed by atoms with Gasteiger partial charge in [0.25, 0.3) is 0 Å². The first-order valence-electron chi connectivity index (χ1n) is 3.15. The third-order valence-electron chi connectivity index (χ3n) is 1.31. The second kappa shape index (κ2) is 3.79. The van der Waals surface area contributed by atoms with E-state index in [0.29, 0.717) is 0 Å². The van der Waals surface area contributed by atoms with Crippen LogP contribution in [0.1, 0.15) is 20.8 Å². The Hall–Kier alpha value is -0.270. The summed E-state index contributed by atoms with van der Waals surface area (Å²) in [6.07, 6.45) is 0. The highest BCUT2D eigenvalue weighted by Crippen LogP contribution is 2.24. The van der Waals surface area contributed by atoms with E-state index in [1.165, 1.54) is 6.92 Å². The molecule has 1 N–H and O–H groups in total. The number of carbonyl (C=O) groups is 1. The second-order valence-electron chi connectivity index (χ2n) is 2.54. The van der Waals surface area contributed by atoms with Crippen molar-refractivity contribution in [3.05, 3.63) is 0 Å². The molecule has 0 bridgehead atoms. The molecule has 58 valence electrons. The number of carbonyl (C=O) groups excluding carboxylic acids is 1. The maximum absolute atomic E-state index is 10.9. The fourth-order valence-electron chi connectivity index (χ4n) is 0.591. The monoisotopic (exact) mass is 163 g/mol. The fourth-order valence-corrected chi connectivity index (χ4v) is 1.11. The van der Waals surface area contributed by atoms with Gasteiger partial charge >= 0.3 is 8.03 Å². The third-order valence-corrected chi connectivity index (χ3v) is 2.23. The molecule has 0 heterocycles. The lowest BCUT2D eigenvalue weighted by atomic mass is 10.1. The molecular weight excluding hydrogens is 151 g/mol. The molecule has 0 aliphatic carbocycles. The van der Waals surface area contributed by atoms with Gasteiger partial charge in [-0.25, -0.2) is 0 Å². The van der Waals surface area contributed by atoms with Crippen LogP contribution in [0, 0.1) is 5.92 Å². The van der Waals surface area contributed by atoms with Gasteiger partial charge in [0.2, 0.25) is 5.66 Å². The standard InChI is InChI=1S/C6H11O3P/c1-4(2)6(7)5(3)10(8)9/h4-5H,1-3H3/p+1. The number of hydrogen-bond donors (Lipinski definition) is 1. The first kappa shape index (κ1) is 9.73. The van der Waals surface area contributed by atoms with E-state index in [4.69, 9.17) is 4.89 Å². The zero-order chi connectivity index (χ0) is 8.31. The molecule has 0 spiro atoms. The summed E-state index contributed by atoms with van der Waals surface area (Å²) >= 11 is 0. The predicted molar refractivity (Wildman–Crippen MR) is 39.1 cm³/mol. The minimum atomic E-state index is -2.33. The third kappa shape index (κ3) is 2.54. The summed E-state index contributed by atoms with van der Waals surface area (Å²) in [6, 6.07) is 0. The topological polar surface area (TPSA) is 54.4 Å². The molecule has 3 nitrogen and oxygen atoms in total. The van der Waals surface area contributed by atoms with Crippen molar-refractivity contribution in [2.75, 3.05) is 0 Å². The van der Waals surface area contributed by atoms with E-state index >= 15 is 0 Å². The summed E-state index contributed by atoms with van der Waals surface area (Å²) < 4.78 is 10.4. The Morgan fingerprint density at radius 3 is 1.90 bits per heavy atom. The van der Waals surface area contributed by atoms with Crippen LogP contribution >= 0.6 is 8.03 Å². The average molecular weight is 163 g/mol. The number of hydrogen-bond acceptors (Lipinski definition) is 2. The molecule has 0 saturated heterocycles. The lowest BCUT2D eigenvalue weighted by Crippen LogP contribution is -2.18. The number of Topliss-reactive ketones (excluding diaryl/α,β-unsaturated/α-hetero) is 1. The van der Waals surface area contributed by atoms with Gasteiger partial charge in [0.05, 0.1) is 0 Å². The van der Waals surface area contributed by atoms with Gasteiger partial charge < -0.3 is 0 Å². The van der Waals surface area contributed by atoms with Gasteiger partial charge in [0, 0.05) is 5.92 Å². The Labute approximate surface area is 61.3 Å².